The van der Waals surface area contributed by atoms with E-state index >= 15 is 0 Å². The zero-order chi connectivity index (χ0) is 13.9. The normalized spacial score (nSPS) is 21.7. The van der Waals surface area contributed by atoms with Crippen molar-refractivity contribution in [2.24, 2.45) is 0 Å². The molecule has 1 aliphatic heterocycles. The van der Waals surface area contributed by atoms with Gasteiger partial charge in [0.1, 0.15) is 6.10 Å². The Morgan fingerprint density at radius 2 is 2.11 bits per heavy atom. The zero-order valence-corrected chi connectivity index (χ0v) is 11.9. The summed E-state index contributed by atoms with van der Waals surface area (Å²) in [5.41, 5.74) is 1.02. The van der Waals surface area contributed by atoms with Crippen LogP contribution in [0, 0.1) is 0 Å². The summed E-state index contributed by atoms with van der Waals surface area (Å²) in [6.07, 6.45) is 4.18. The highest BCUT2D eigenvalue weighted by Gasteiger charge is 2.29. The molecular formula is C14H18O4S. The minimum Gasteiger partial charge on any atom is -0.493 e. The van der Waals surface area contributed by atoms with Crippen molar-refractivity contribution in [3.05, 3.63) is 29.8 Å². The summed E-state index contributed by atoms with van der Waals surface area (Å²) in [6.45, 7) is 1.94. The summed E-state index contributed by atoms with van der Waals surface area (Å²) in [5, 5.41) is 0. The number of rotatable bonds is 4. The van der Waals surface area contributed by atoms with Crippen molar-refractivity contribution in [3.8, 4) is 11.5 Å². The van der Waals surface area contributed by atoms with Gasteiger partial charge < -0.3 is 9.47 Å². The maximum Gasteiger partial charge on any atom is 0.161 e. The van der Waals surface area contributed by atoms with Crippen LogP contribution in [-0.2, 0) is 9.84 Å². The van der Waals surface area contributed by atoms with Gasteiger partial charge in [0.2, 0.25) is 0 Å². The van der Waals surface area contributed by atoms with Crippen LogP contribution in [0.5, 0.6) is 11.5 Å². The van der Waals surface area contributed by atoms with E-state index < -0.39 is 9.84 Å². The first-order valence-electron chi connectivity index (χ1n) is 6.22. The number of sulfone groups is 1. The number of ether oxygens (including phenoxy) is 2. The first-order chi connectivity index (χ1) is 9.04. The Morgan fingerprint density at radius 3 is 2.68 bits per heavy atom. The van der Waals surface area contributed by atoms with Crippen LogP contribution in [0.15, 0.2) is 24.3 Å². The lowest BCUT2D eigenvalue weighted by Gasteiger charge is -2.15. The molecule has 0 unspecified atom stereocenters. The predicted octanol–water partition coefficient (Wildman–Crippen LogP) is 2.29. The van der Waals surface area contributed by atoms with Gasteiger partial charge in [0, 0.05) is 0 Å². The number of hydrogen-bond acceptors (Lipinski definition) is 4. The van der Waals surface area contributed by atoms with Gasteiger partial charge in [0.15, 0.2) is 21.3 Å². The van der Waals surface area contributed by atoms with Crippen LogP contribution < -0.4 is 9.47 Å². The van der Waals surface area contributed by atoms with E-state index in [1.165, 1.54) is 0 Å². The lowest BCUT2D eigenvalue weighted by Crippen LogP contribution is -2.18. The summed E-state index contributed by atoms with van der Waals surface area (Å²) in [6, 6.07) is 5.61. The molecule has 1 fully saturated rings. The first kappa shape index (κ1) is 13.9. The van der Waals surface area contributed by atoms with Crippen LogP contribution in [-0.4, -0.2) is 33.1 Å². The van der Waals surface area contributed by atoms with Crippen LogP contribution in [0.4, 0.5) is 0 Å². The average molecular weight is 282 g/mol. The van der Waals surface area contributed by atoms with E-state index in [-0.39, 0.29) is 17.6 Å². The van der Waals surface area contributed by atoms with Gasteiger partial charge >= 0.3 is 0 Å². The minimum atomic E-state index is -2.93. The molecule has 1 aromatic carbocycles. The molecule has 19 heavy (non-hydrogen) atoms. The lowest BCUT2D eigenvalue weighted by molar-refractivity contribution is 0.218. The summed E-state index contributed by atoms with van der Waals surface area (Å²) in [7, 11) is -1.35. The van der Waals surface area contributed by atoms with Crippen LogP contribution in [0.25, 0.3) is 6.08 Å². The van der Waals surface area contributed by atoms with Crippen LogP contribution >= 0.6 is 0 Å². The molecule has 0 amide bonds. The smallest absolute Gasteiger partial charge is 0.161 e. The van der Waals surface area contributed by atoms with Gasteiger partial charge in [-0.05, 0) is 31.0 Å². The molecule has 0 aliphatic carbocycles. The summed E-state index contributed by atoms with van der Waals surface area (Å²) in [5.74, 6) is 1.52. The lowest BCUT2D eigenvalue weighted by atomic mass is 10.2. The highest BCUT2D eigenvalue weighted by Crippen LogP contribution is 2.31. The molecule has 0 bridgehead atoms. The average Bonchev–Trinajstić information content (AvgIpc) is 2.71. The maximum absolute atomic E-state index is 11.4. The second kappa shape index (κ2) is 5.65. The maximum atomic E-state index is 11.4. The van der Waals surface area contributed by atoms with Crippen molar-refractivity contribution in [1.29, 1.82) is 0 Å². The Labute approximate surface area is 114 Å². The third-order valence-corrected chi connectivity index (χ3v) is 4.77. The molecule has 0 spiro atoms. The molecule has 0 N–H and O–H groups in total. The number of methoxy groups -OCH3 is 1. The molecule has 1 aliphatic rings. The largest absolute Gasteiger partial charge is 0.493 e. The minimum absolute atomic E-state index is 0.0900. The second-order valence-electron chi connectivity index (χ2n) is 4.55. The summed E-state index contributed by atoms with van der Waals surface area (Å²) >= 11 is 0. The van der Waals surface area contributed by atoms with Crippen LogP contribution in [0.3, 0.4) is 0 Å². The molecule has 1 atom stereocenters. The molecule has 4 nitrogen and oxygen atoms in total. The first-order valence-corrected chi connectivity index (χ1v) is 8.04. The van der Waals surface area contributed by atoms with E-state index in [9.17, 15) is 8.42 Å². The monoisotopic (exact) mass is 282 g/mol. The van der Waals surface area contributed by atoms with Crippen LogP contribution in [0.1, 0.15) is 18.9 Å². The highest BCUT2D eigenvalue weighted by molar-refractivity contribution is 7.91. The van der Waals surface area contributed by atoms with Crippen molar-refractivity contribution in [1.82, 2.24) is 0 Å². The second-order valence-corrected chi connectivity index (χ2v) is 6.78. The van der Waals surface area contributed by atoms with Gasteiger partial charge in [-0.2, -0.15) is 0 Å². The third-order valence-electron chi connectivity index (χ3n) is 3.03. The zero-order valence-electron chi connectivity index (χ0n) is 11.1. The summed E-state index contributed by atoms with van der Waals surface area (Å²) in [4.78, 5) is 0. The van der Waals surface area contributed by atoms with Gasteiger partial charge in [-0.3, -0.25) is 0 Å². The fourth-order valence-corrected chi connectivity index (χ4v) is 3.70. The Balaban J connectivity index is 2.16. The Bertz CT molecular complexity index is 575. The molecule has 0 radical (unpaired) electrons. The fraction of sp³-hybridized carbons (Fsp3) is 0.429. The van der Waals surface area contributed by atoms with Crippen molar-refractivity contribution >= 4 is 15.9 Å². The van der Waals surface area contributed by atoms with Gasteiger partial charge in [0.25, 0.3) is 0 Å². The van der Waals surface area contributed by atoms with E-state index in [4.69, 9.17) is 9.47 Å². The molecule has 0 saturated carbocycles. The fourth-order valence-electron chi connectivity index (χ4n) is 2.11. The van der Waals surface area contributed by atoms with Crippen LogP contribution in [0.2, 0.25) is 0 Å². The standard InChI is InChI=1S/C14H18O4S/c1-3-4-11-5-6-13(14(9-11)17-2)18-12-7-8-19(15,16)10-12/h3-6,9,12H,7-8,10H2,1-2H3/b4-3+/t12-/m0/s1. The van der Waals surface area contributed by atoms with Gasteiger partial charge in [-0.1, -0.05) is 18.2 Å². The Hall–Kier alpha value is -1.49. The molecule has 1 aromatic rings. The molecule has 1 heterocycles. The molecule has 104 valence electrons. The SMILES string of the molecule is C/C=C/c1ccc(O[C@H]2CCS(=O)(=O)C2)c(OC)c1. The van der Waals surface area contributed by atoms with E-state index in [1.807, 2.05) is 37.3 Å². The molecular weight excluding hydrogens is 264 g/mol. The quantitative estimate of drug-likeness (QED) is 0.850. The van der Waals surface area contributed by atoms with E-state index in [2.05, 4.69) is 0 Å². The van der Waals surface area contributed by atoms with Crippen molar-refractivity contribution in [3.63, 3.8) is 0 Å². The highest BCUT2D eigenvalue weighted by atomic mass is 32.2. The van der Waals surface area contributed by atoms with Crippen molar-refractivity contribution < 1.29 is 17.9 Å². The molecule has 5 heteroatoms. The predicted molar refractivity (Wildman–Crippen MR) is 75.4 cm³/mol. The van der Waals surface area contributed by atoms with Gasteiger partial charge in [-0.25, -0.2) is 8.42 Å². The molecule has 0 aromatic heterocycles. The van der Waals surface area contributed by atoms with E-state index in [0.717, 1.165) is 5.56 Å². The van der Waals surface area contributed by atoms with Crippen molar-refractivity contribution in [2.45, 2.75) is 19.4 Å². The third kappa shape index (κ3) is 3.50. The summed E-state index contributed by atoms with van der Waals surface area (Å²) < 4.78 is 33.8. The number of hydrogen-bond donors (Lipinski definition) is 0. The number of benzene rings is 1. The Kier molecular flexibility index (Phi) is 4.14. The van der Waals surface area contributed by atoms with E-state index in [1.54, 1.807) is 7.11 Å². The Morgan fingerprint density at radius 1 is 1.32 bits per heavy atom. The number of allylic oxidation sites excluding steroid dienone is 1. The van der Waals surface area contributed by atoms with Crippen molar-refractivity contribution in [2.75, 3.05) is 18.6 Å². The topological polar surface area (TPSA) is 52.6 Å². The van der Waals surface area contributed by atoms with Gasteiger partial charge in [-0.15, -0.1) is 0 Å². The molecule has 2 rings (SSSR count). The van der Waals surface area contributed by atoms with E-state index in [0.29, 0.717) is 17.9 Å². The molecule has 1 saturated heterocycles. The van der Waals surface area contributed by atoms with Gasteiger partial charge in [0.05, 0.1) is 18.6 Å².